The van der Waals surface area contributed by atoms with Crippen molar-refractivity contribution in [3.63, 3.8) is 0 Å². The number of nitrogens with zero attached hydrogens (tertiary/aromatic N) is 3. The second-order valence-electron chi connectivity index (χ2n) is 7.72. The molecule has 36 heavy (non-hydrogen) atoms. The molecule has 5 rings (SSSR count). The molecule has 3 heterocycles. The van der Waals surface area contributed by atoms with Crippen LogP contribution in [0, 0.1) is 11.6 Å². The lowest BCUT2D eigenvalue weighted by atomic mass is 10.1. The number of carbonyl (C=O) groups is 1. The summed E-state index contributed by atoms with van der Waals surface area (Å²) in [4.78, 5) is 29.3. The van der Waals surface area contributed by atoms with Crippen molar-refractivity contribution in [1.29, 1.82) is 0 Å². The summed E-state index contributed by atoms with van der Waals surface area (Å²) in [6, 6.07) is 15.4. The minimum Gasteiger partial charge on any atom is -0.481 e. The summed E-state index contributed by atoms with van der Waals surface area (Å²) in [5.41, 5.74) is -0.367. The number of aromatic nitrogens is 2. The summed E-state index contributed by atoms with van der Waals surface area (Å²) in [7, 11) is 2.60. The van der Waals surface area contributed by atoms with Crippen LogP contribution in [0.2, 0.25) is 0 Å². The van der Waals surface area contributed by atoms with E-state index in [9.17, 15) is 14.0 Å². The maximum atomic E-state index is 15.4. The van der Waals surface area contributed by atoms with Crippen LogP contribution >= 0.6 is 0 Å². The van der Waals surface area contributed by atoms with Gasteiger partial charge in [-0.3, -0.25) is 9.59 Å². The SMILES string of the molecule is CO.COc1ccccn1.O=Cc1cn(-c2ccccc2)c2c(F)c(N3CCCC3)c(F)cc2c1=O. The van der Waals surface area contributed by atoms with Crippen LogP contribution in [-0.2, 0) is 0 Å². The maximum absolute atomic E-state index is 15.4. The Labute approximate surface area is 207 Å². The molecule has 0 bridgehead atoms. The second kappa shape index (κ2) is 12.6. The van der Waals surface area contributed by atoms with Crippen LogP contribution in [0.5, 0.6) is 5.88 Å². The Kier molecular flexibility index (Phi) is 9.24. The Hall–Kier alpha value is -4.11. The van der Waals surface area contributed by atoms with Gasteiger partial charge in [0.15, 0.2) is 17.5 Å². The van der Waals surface area contributed by atoms with Crippen molar-refractivity contribution in [2.45, 2.75) is 12.8 Å². The number of ether oxygens (including phenoxy) is 1. The van der Waals surface area contributed by atoms with Crippen LogP contribution in [0.15, 0.2) is 71.8 Å². The molecule has 188 valence electrons. The standard InChI is InChI=1S/C20H16F2N2O2.C6H7NO.CH4O/c21-16-10-15-18(17(22)19(16)23-8-4-5-9-23)24(11-13(12-25)20(15)26)14-6-2-1-3-7-14;1-8-6-4-2-3-5-7-6;1-2/h1-3,6-7,10-12H,4-5,8-9H2;2-5H,1H3;2H,1H3. The first kappa shape index (κ1) is 26.5. The predicted molar refractivity (Wildman–Crippen MR) is 135 cm³/mol. The van der Waals surface area contributed by atoms with Crippen molar-refractivity contribution in [2.75, 3.05) is 32.2 Å². The Balaban J connectivity index is 0.000000305. The molecule has 0 spiro atoms. The summed E-state index contributed by atoms with van der Waals surface area (Å²) in [6.45, 7) is 1.14. The lowest BCUT2D eigenvalue weighted by Gasteiger charge is -2.21. The first-order valence-corrected chi connectivity index (χ1v) is 11.3. The average molecular weight is 496 g/mol. The fourth-order valence-corrected chi connectivity index (χ4v) is 4.00. The van der Waals surface area contributed by atoms with Gasteiger partial charge < -0.3 is 19.3 Å². The second-order valence-corrected chi connectivity index (χ2v) is 7.72. The summed E-state index contributed by atoms with van der Waals surface area (Å²) < 4.78 is 36.3. The monoisotopic (exact) mass is 495 g/mol. The van der Waals surface area contributed by atoms with Gasteiger partial charge in [-0.25, -0.2) is 13.8 Å². The van der Waals surface area contributed by atoms with Crippen LogP contribution in [-0.4, -0.2) is 48.3 Å². The number of aliphatic hydroxyl groups excluding tert-OH is 1. The smallest absolute Gasteiger partial charge is 0.212 e. The average Bonchev–Trinajstić information content (AvgIpc) is 3.46. The van der Waals surface area contributed by atoms with E-state index >= 15 is 4.39 Å². The number of benzene rings is 2. The summed E-state index contributed by atoms with van der Waals surface area (Å²) >= 11 is 0. The summed E-state index contributed by atoms with van der Waals surface area (Å²) in [6.07, 6.45) is 5.14. The first-order valence-electron chi connectivity index (χ1n) is 11.3. The van der Waals surface area contributed by atoms with Gasteiger partial charge in [-0.1, -0.05) is 24.3 Å². The molecule has 0 aliphatic carbocycles. The summed E-state index contributed by atoms with van der Waals surface area (Å²) in [5, 5.41) is 6.86. The Morgan fingerprint density at radius 1 is 1.03 bits per heavy atom. The van der Waals surface area contributed by atoms with Gasteiger partial charge in [-0.2, -0.15) is 0 Å². The molecule has 2 aromatic carbocycles. The van der Waals surface area contributed by atoms with Crippen molar-refractivity contribution >= 4 is 22.9 Å². The molecular formula is C27H27F2N3O4. The molecule has 1 aliphatic rings. The highest BCUT2D eigenvalue weighted by Gasteiger charge is 2.25. The van der Waals surface area contributed by atoms with Gasteiger partial charge in [0.1, 0.15) is 11.5 Å². The van der Waals surface area contributed by atoms with E-state index in [4.69, 9.17) is 9.84 Å². The molecule has 0 amide bonds. The third-order valence-electron chi connectivity index (χ3n) is 5.61. The van der Waals surface area contributed by atoms with E-state index < -0.39 is 17.1 Å². The molecule has 0 radical (unpaired) electrons. The van der Waals surface area contributed by atoms with Gasteiger partial charge in [0.25, 0.3) is 0 Å². The Morgan fingerprint density at radius 3 is 2.25 bits per heavy atom. The summed E-state index contributed by atoms with van der Waals surface area (Å²) in [5.74, 6) is -0.899. The van der Waals surface area contributed by atoms with E-state index in [2.05, 4.69) is 4.98 Å². The molecule has 4 aromatic rings. The number of carbonyl (C=O) groups excluding carboxylic acids is 1. The Bertz CT molecular complexity index is 1360. The number of para-hydroxylation sites is 1. The number of methoxy groups -OCH3 is 1. The molecule has 1 saturated heterocycles. The number of rotatable bonds is 4. The number of halogens is 2. The highest BCUT2D eigenvalue weighted by atomic mass is 19.1. The zero-order valence-corrected chi connectivity index (χ0v) is 20.0. The van der Waals surface area contributed by atoms with Gasteiger partial charge in [0.2, 0.25) is 5.88 Å². The molecule has 0 atom stereocenters. The number of hydrogen-bond acceptors (Lipinski definition) is 6. The Morgan fingerprint density at radius 2 is 1.69 bits per heavy atom. The van der Waals surface area contributed by atoms with Crippen molar-refractivity contribution < 1.29 is 23.4 Å². The van der Waals surface area contributed by atoms with E-state index in [1.54, 1.807) is 54.6 Å². The maximum Gasteiger partial charge on any atom is 0.212 e. The van der Waals surface area contributed by atoms with Crippen LogP contribution in [0.1, 0.15) is 23.2 Å². The van der Waals surface area contributed by atoms with Crippen molar-refractivity contribution in [1.82, 2.24) is 9.55 Å². The quantitative estimate of drug-likeness (QED) is 0.423. The van der Waals surface area contributed by atoms with Crippen molar-refractivity contribution in [2.24, 2.45) is 0 Å². The van der Waals surface area contributed by atoms with E-state index in [1.165, 1.54) is 10.8 Å². The largest absolute Gasteiger partial charge is 0.481 e. The van der Waals surface area contributed by atoms with Crippen LogP contribution in [0.3, 0.4) is 0 Å². The minimum atomic E-state index is -0.781. The molecule has 0 saturated carbocycles. The van der Waals surface area contributed by atoms with Crippen LogP contribution < -0.4 is 15.1 Å². The number of pyridine rings is 2. The molecule has 7 nitrogen and oxygen atoms in total. The third kappa shape index (κ3) is 5.58. The van der Waals surface area contributed by atoms with E-state index in [1.807, 2.05) is 12.1 Å². The fraction of sp³-hybridized carbons (Fsp3) is 0.222. The number of aliphatic hydroxyl groups is 1. The van der Waals surface area contributed by atoms with Gasteiger partial charge in [0, 0.05) is 44.3 Å². The van der Waals surface area contributed by atoms with E-state index in [0.29, 0.717) is 30.9 Å². The zero-order valence-electron chi connectivity index (χ0n) is 20.0. The number of anilines is 1. The lowest BCUT2D eigenvalue weighted by Crippen LogP contribution is -2.23. The fourth-order valence-electron chi connectivity index (χ4n) is 4.00. The molecule has 0 unspecified atom stereocenters. The predicted octanol–water partition coefficient (Wildman–Crippen LogP) is 4.38. The molecule has 2 aromatic heterocycles. The molecular weight excluding hydrogens is 468 g/mol. The number of hydrogen-bond donors (Lipinski definition) is 1. The molecule has 1 fully saturated rings. The molecule has 1 aliphatic heterocycles. The van der Waals surface area contributed by atoms with Gasteiger partial charge >= 0.3 is 0 Å². The van der Waals surface area contributed by atoms with Crippen LogP contribution in [0.25, 0.3) is 16.6 Å². The normalized spacial score (nSPS) is 12.3. The van der Waals surface area contributed by atoms with Gasteiger partial charge in [-0.05, 0) is 37.1 Å². The molecule has 9 heteroatoms. The van der Waals surface area contributed by atoms with Crippen molar-refractivity contribution in [3.05, 3.63) is 94.4 Å². The van der Waals surface area contributed by atoms with Gasteiger partial charge in [0.05, 0.1) is 23.6 Å². The lowest BCUT2D eigenvalue weighted by molar-refractivity contribution is 0.112. The van der Waals surface area contributed by atoms with E-state index in [0.717, 1.165) is 26.0 Å². The zero-order chi connectivity index (χ0) is 26.1. The van der Waals surface area contributed by atoms with Crippen molar-refractivity contribution in [3.8, 4) is 11.6 Å². The topological polar surface area (TPSA) is 84.7 Å². The van der Waals surface area contributed by atoms with Gasteiger partial charge in [-0.15, -0.1) is 0 Å². The number of fused-ring (bicyclic) bond motifs is 1. The first-order chi connectivity index (χ1) is 17.5. The highest BCUT2D eigenvalue weighted by molar-refractivity contribution is 5.90. The highest BCUT2D eigenvalue weighted by Crippen LogP contribution is 2.33. The van der Waals surface area contributed by atoms with Crippen LogP contribution in [0.4, 0.5) is 14.5 Å². The third-order valence-corrected chi connectivity index (χ3v) is 5.61. The molecule has 1 N–H and O–H groups in total. The number of aldehydes is 1. The minimum absolute atomic E-state index is 0.0184. The van der Waals surface area contributed by atoms with E-state index in [-0.39, 0.29) is 22.2 Å².